The zero-order valence-electron chi connectivity index (χ0n) is 19.2. The number of hydrogen-bond donors (Lipinski definition) is 0. The minimum atomic E-state index is 0.128. The second kappa shape index (κ2) is 13.6. The van der Waals surface area contributed by atoms with Gasteiger partial charge in [-0.15, -0.1) is 0 Å². The largest absolute Gasteiger partial charge is 0.462 e. The lowest BCUT2D eigenvalue weighted by Gasteiger charge is -2.33. The SMILES string of the molecule is CCCCCCC(C)C1CCC(C(=O)OC2CCC(CCCCC)CC2)CC1. The first kappa shape index (κ1) is 23.7. The van der Waals surface area contributed by atoms with E-state index < -0.39 is 0 Å². The molecule has 2 rings (SSSR count). The van der Waals surface area contributed by atoms with Crippen molar-refractivity contribution >= 4 is 5.97 Å². The molecule has 2 saturated carbocycles. The lowest BCUT2D eigenvalue weighted by Crippen LogP contribution is -2.31. The van der Waals surface area contributed by atoms with Gasteiger partial charge in [0.1, 0.15) is 6.10 Å². The van der Waals surface area contributed by atoms with E-state index in [0.717, 1.165) is 43.4 Å². The molecule has 2 heteroatoms. The van der Waals surface area contributed by atoms with Crippen LogP contribution in [0.5, 0.6) is 0 Å². The summed E-state index contributed by atoms with van der Waals surface area (Å²) in [6.07, 6.45) is 21.9. The molecule has 0 aromatic heterocycles. The highest BCUT2D eigenvalue weighted by Gasteiger charge is 2.32. The molecule has 1 unspecified atom stereocenters. The van der Waals surface area contributed by atoms with Crippen LogP contribution in [-0.4, -0.2) is 12.1 Å². The number of rotatable bonds is 12. The van der Waals surface area contributed by atoms with Crippen molar-refractivity contribution in [2.24, 2.45) is 23.7 Å². The summed E-state index contributed by atoms with van der Waals surface area (Å²) in [7, 11) is 0. The Kier molecular flexibility index (Phi) is 11.6. The predicted octanol–water partition coefficient (Wildman–Crippen LogP) is 8.08. The first-order valence-electron chi connectivity index (χ1n) is 12.8. The summed E-state index contributed by atoms with van der Waals surface area (Å²) in [5.41, 5.74) is 0. The molecule has 28 heavy (non-hydrogen) atoms. The van der Waals surface area contributed by atoms with E-state index in [1.807, 2.05) is 0 Å². The van der Waals surface area contributed by atoms with Crippen LogP contribution in [0.15, 0.2) is 0 Å². The van der Waals surface area contributed by atoms with Crippen LogP contribution in [0.2, 0.25) is 0 Å². The smallest absolute Gasteiger partial charge is 0.309 e. The molecular formula is C26H48O2. The molecule has 0 aromatic rings. The van der Waals surface area contributed by atoms with Crippen LogP contribution in [0.1, 0.15) is 130 Å². The average molecular weight is 393 g/mol. The first-order valence-corrected chi connectivity index (χ1v) is 12.8. The number of ether oxygens (including phenoxy) is 1. The lowest BCUT2D eigenvalue weighted by atomic mass is 9.75. The van der Waals surface area contributed by atoms with Crippen molar-refractivity contribution in [3.05, 3.63) is 0 Å². The molecule has 0 aliphatic heterocycles. The van der Waals surface area contributed by atoms with Gasteiger partial charge in [-0.3, -0.25) is 4.79 Å². The van der Waals surface area contributed by atoms with E-state index in [9.17, 15) is 4.79 Å². The molecule has 0 N–H and O–H groups in total. The van der Waals surface area contributed by atoms with Crippen molar-refractivity contribution in [1.29, 1.82) is 0 Å². The van der Waals surface area contributed by atoms with Gasteiger partial charge in [-0.1, -0.05) is 78.6 Å². The summed E-state index contributed by atoms with van der Waals surface area (Å²) in [5, 5.41) is 0. The molecule has 2 fully saturated rings. The fourth-order valence-electron chi connectivity index (χ4n) is 5.53. The Labute approximate surface area is 175 Å². The summed E-state index contributed by atoms with van der Waals surface area (Å²) >= 11 is 0. The highest BCUT2D eigenvalue weighted by atomic mass is 16.5. The molecule has 2 nitrogen and oxygen atoms in total. The van der Waals surface area contributed by atoms with Crippen molar-refractivity contribution in [2.75, 3.05) is 0 Å². The highest BCUT2D eigenvalue weighted by Crippen LogP contribution is 2.37. The Morgan fingerprint density at radius 2 is 1.46 bits per heavy atom. The summed E-state index contributed by atoms with van der Waals surface area (Å²) in [4.78, 5) is 12.7. The standard InChI is InChI=1S/C26H48O2/c1-4-6-8-10-11-21(3)23-15-17-24(18-16-23)26(27)28-25-19-13-22(14-20-25)12-9-7-5-2/h21-25H,4-20H2,1-3H3. The summed E-state index contributed by atoms with van der Waals surface area (Å²) in [6.45, 7) is 7.00. The maximum absolute atomic E-state index is 12.7. The van der Waals surface area contributed by atoms with Crippen molar-refractivity contribution in [3.8, 4) is 0 Å². The maximum Gasteiger partial charge on any atom is 0.309 e. The average Bonchev–Trinajstić information content (AvgIpc) is 2.72. The zero-order chi connectivity index (χ0) is 20.2. The van der Waals surface area contributed by atoms with Crippen LogP contribution in [-0.2, 0) is 9.53 Å². The third kappa shape index (κ3) is 8.46. The van der Waals surface area contributed by atoms with E-state index in [-0.39, 0.29) is 18.0 Å². The van der Waals surface area contributed by atoms with Crippen LogP contribution in [0.4, 0.5) is 0 Å². The third-order valence-electron chi connectivity index (χ3n) is 7.72. The molecular weight excluding hydrogens is 344 g/mol. The van der Waals surface area contributed by atoms with Crippen LogP contribution in [0.3, 0.4) is 0 Å². The van der Waals surface area contributed by atoms with Gasteiger partial charge in [-0.25, -0.2) is 0 Å². The molecule has 0 heterocycles. The Morgan fingerprint density at radius 1 is 0.821 bits per heavy atom. The van der Waals surface area contributed by atoms with E-state index in [4.69, 9.17) is 4.74 Å². The summed E-state index contributed by atoms with van der Waals surface area (Å²) in [5.74, 6) is 2.87. The molecule has 2 aliphatic carbocycles. The number of unbranched alkanes of at least 4 members (excludes halogenated alkanes) is 5. The van der Waals surface area contributed by atoms with Crippen LogP contribution in [0.25, 0.3) is 0 Å². The van der Waals surface area contributed by atoms with E-state index in [0.29, 0.717) is 0 Å². The van der Waals surface area contributed by atoms with Gasteiger partial charge in [0.25, 0.3) is 0 Å². The molecule has 1 atom stereocenters. The van der Waals surface area contributed by atoms with Crippen LogP contribution < -0.4 is 0 Å². The number of hydrogen-bond acceptors (Lipinski definition) is 2. The molecule has 2 aliphatic rings. The summed E-state index contributed by atoms with van der Waals surface area (Å²) < 4.78 is 5.95. The number of esters is 1. The second-order valence-corrected chi connectivity index (χ2v) is 10.0. The van der Waals surface area contributed by atoms with Gasteiger partial charge in [-0.05, 0) is 69.1 Å². The van der Waals surface area contributed by atoms with Gasteiger partial charge >= 0.3 is 5.97 Å². The van der Waals surface area contributed by atoms with Gasteiger partial charge in [0.2, 0.25) is 0 Å². The van der Waals surface area contributed by atoms with Gasteiger partial charge in [0, 0.05) is 0 Å². The van der Waals surface area contributed by atoms with E-state index in [1.165, 1.54) is 83.5 Å². The molecule has 0 bridgehead atoms. The Balaban J connectivity index is 1.59. The van der Waals surface area contributed by atoms with Crippen molar-refractivity contribution < 1.29 is 9.53 Å². The number of carbonyl (C=O) groups excluding carboxylic acids is 1. The topological polar surface area (TPSA) is 26.3 Å². The Bertz CT molecular complexity index is 403. The molecule has 0 amide bonds. The van der Waals surface area contributed by atoms with Gasteiger partial charge in [0.15, 0.2) is 0 Å². The fraction of sp³-hybridized carbons (Fsp3) is 0.962. The monoisotopic (exact) mass is 392 g/mol. The predicted molar refractivity (Wildman–Crippen MR) is 119 cm³/mol. The van der Waals surface area contributed by atoms with Crippen molar-refractivity contribution in [3.63, 3.8) is 0 Å². The van der Waals surface area contributed by atoms with Gasteiger partial charge in [0.05, 0.1) is 5.92 Å². The normalized spacial score (nSPS) is 29.4. The van der Waals surface area contributed by atoms with Crippen LogP contribution in [0, 0.1) is 23.7 Å². The number of carbonyl (C=O) groups is 1. The van der Waals surface area contributed by atoms with Crippen LogP contribution >= 0.6 is 0 Å². The Hall–Kier alpha value is -0.530. The van der Waals surface area contributed by atoms with Gasteiger partial charge < -0.3 is 4.74 Å². The van der Waals surface area contributed by atoms with Crippen molar-refractivity contribution in [1.82, 2.24) is 0 Å². The minimum absolute atomic E-state index is 0.128. The third-order valence-corrected chi connectivity index (χ3v) is 7.72. The van der Waals surface area contributed by atoms with E-state index >= 15 is 0 Å². The lowest BCUT2D eigenvalue weighted by molar-refractivity contribution is -0.157. The second-order valence-electron chi connectivity index (χ2n) is 10.0. The first-order chi connectivity index (χ1) is 13.6. The summed E-state index contributed by atoms with van der Waals surface area (Å²) in [6, 6.07) is 0. The van der Waals surface area contributed by atoms with Crippen molar-refractivity contribution in [2.45, 2.75) is 136 Å². The fourth-order valence-corrected chi connectivity index (χ4v) is 5.53. The molecule has 0 radical (unpaired) electrons. The van der Waals surface area contributed by atoms with E-state index in [2.05, 4.69) is 20.8 Å². The Morgan fingerprint density at radius 3 is 2.11 bits per heavy atom. The van der Waals surface area contributed by atoms with E-state index in [1.54, 1.807) is 0 Å². The molecule has 0 spiro atoms. The zero-order valence-corrected chi connectivity index (χ0v) is 19.2. The minimum Gasteiger partial charge on any atom is -0.462 e. The highest BCUT2D eigenvalue weighted by molar-refractivity contribution is 5.72. The molecule has 0 aromatic carbocycles. The molecule has 164 valence electrons. The van der Waals surface area contributed by atoms with Gasteiger partial charge in [-0.2, -0.15) is 0 Å². The quantitative estimate of drug-likeness (QED) is 0.248. The molecule has 0 saturated heterocycles. The maximum atomic E-state index is 12.7.